The van der Waals surface area contributed by atoms with Gasteiger partial charge in [0, 0.05) is 24.5 Å². The number of ether oxygens (including phenoxy) is 1. The molecule has 1 atom stereocenters. The number of aliphatic hydroxyl groups is 1. The molecule has 25 heavy (non-hydrogen) atoms. The van der Waals surface area contributed by atoms with Crippen molar-refractivity contribution in [2.45, 2.75) is 25.9 Å². The first-order chi connectivity index (χ1) is 12.0. The van der Waals surface area contributed by atoms with Crippen LogP contribution in [0.3, 0.4) is 0 Å². The molecule has 5 nitrogen and oxygen atoms in total. The van der Waals surface area contributed by atoms with Crippen LogP contribution in [0.5, 0.6) is 5.75 Å². The fourth-order valence-electron chi connectivity index (χ4n) is 2.58. The number of aliphatic hydroxyl groups excluding tert-OH is 1. The highest BCUT2D eigenvalue weighted by molar-refractivity contribution is 6.32. The number of halogens is 1. The largest absolute Gasteiger partial charge is 0.495 e. The van der Waals surface area contributed by atoms with Crippen LogP contribution in [-0.2, 0) is 11.2 Å². The molecule has 0 saturated carbocycles. The summed E-state index contributed by atoms with van der Waals surface area (Å²) in [5.74, 6) is 0.529. The first kappa shape index (κ1) is 19.2. The number of benzene rings is 1. The van der Waals surface area contributed by atoms with Gasteiger partial charge in [-0.2, -0.15) is 0 Å². The number of amides is 1. The molecule has 1 aromatic carbocycles. The van der Waals surface area contributed by atoms with Crippen LogP contribution in [0.15, 0.2) is 42.7 Å². The van der Waals surface area contributed by atoms with E-state index in [1.807, 2.05) is 13.0 Å². The van der Waals surface area contributed by atoms with Crippen molar-refractivity contribution in [3.8, 4) is 5.75 Å². The molecular formula is C19H23ClN2O3. The van der Waals surface area contributed by atoms with E-state index in [4.69, 9.17) is 16.3 Å². The van der Waals surface area contributed by atoms with Crippen LogP contribution in [-0.4, -0.2) is 41.1 Å². The maximum Gasteiger partial charge on any atom is 0.227 e. The Morgan fingerprint density at radius 3 is 2.80 bits per heavy atom. The predicted octanol–water partition coefficient (Wildman–Crippen LogP) is 3.26. The molecule has 2 rings (SSSR count). The Morgan fingerprint density at radius 2 is 2.20 bits per heavy atom. The Balaban J connectivity index is 2.05. The van der Waals surface area contributed by atoms with E-state index >= 15 is 0 Å². The number of aromatic nitrogens is 1. The summed E-state index contributed by atoms with van der Waals surface area (Å²) >= 11 is 6.12. The normalized spacial score (nSPS) is 11.8. The van der Waals surface area contributed by atoms with Crippen LogP contribution >= 0.6 is 11.6 Å². The van der Waals surface area contributed by atoms with Gasteiger partial charge in [0.15, 0.2) is 0 Å². The smallest absolute Gasteiger partial charge is 0.227 e. The molecule has 1 amide bonds. The number of methoxy groups -OCH3 is 1. The Hall–Kier alpha value is -2.11. The maximum atomic E-state index is 12.7. The summed E-state index contributed by atoms with van der Waals surface area (Å²) in [6.45, 7) is 2.82. The van der Waals surface area contributed by atoms with Gasteiger partial charge in [-0.15, -0.1) is 0 Å². The molecule has 134 valence electrons. The first-order valence-electron chi connectivity index (χ1n) is 8.23. The number of hydrogen-bond donors (Lipinski definition) is 1. The predicted molar refractivity (Wildman–Crippen MR) is 97.8 cm³/mol. The summed E-state index contributed by atoms with van der Waals surface area (Å²) in [6, 6.07) is 8.88. The minimum absolute atomic E-state index is 0.0500. The Labute approximate surface area is 153 Å². The summed E-state index contributed by atoms with van der Waals surface area (Å²) in [7, 11) is 1.55. The third-order valence-electron chi connectivity index (χ3n) is 3.88. The van der Waals surface area contributed by atoms with E-state index in [0.29, 0.717) is 22.9 Å². The molecule has 6 heteroatoms. The molecule has 1 heterocycles. The molecule has 0 aliphatic carbocycles. The van der Waals surface area contributed by atoms with Gasteiger partial charge >= 0.3 is 0 Å². The van der Waals surface area contributed by atoms with Gasteiger partial charge in [0.25, 0.3) is 0 Å². The van der Waals surface area contributed by atoms with Crippen LogP contribution < -0.4 is 4.74 Å². The average Bonchev–Trinajstić information content (AvgIpc) is 2.62. The number of pyridine rings is 1. The van der Waals surface area contributed by atoms with E-state index in [9.17, 15) is 9.90 Å². The van der Waals surface area contributed by atoms with E-state index in [1.165, 1.54) is 0 Å². The van der Waals surface area contributed by atoms with E-state index in [2.05, 4.69) is 4.98 Å². The van der Waals surface area contributed by atoms with Crippen molar-refractivity contribution >= 4 is 17.5 Å². The Morgan fingerprint density at radius 1 is 1.40 bits per heavy atom. The third-order valence-corrected chi connectivity index (χ3v) is 4.18. The molecule has 0 spiro atoms. The molecule has 2 aromatic rings. The van der Waals surface area contributed by atoms with Crippen LogP contribution in [0.1, 0.15) is 30.6 Å². The fourth-order valence-corrected chi connectivity index (χ4v) is 2.86. The van der Waals surface area contributed by atoms with Gasteiger partial charge < -0.3 is 14.7 Å². The van der Waals surface area contributed by atoms with E-state index in [1.54, 1.807) is 48.7 Å². The quantitative estimate of drug-likeness (QED) is 0.783. The monoisotopic (exact) mass is 362 g/mol. The van der Waals surface area contributed by atoms with Crippen molar-refractivity contribution in [2.75, 3.05) is 20.2 Å². The van der Waals surface area contributed by atoms with Crippen molar-refractivity contribution in [2.24, 2.45) is 0 Å². The first-order valence-corrected chi connectivity index (χ1v) is 8.61. The summed E-state index contributed by atoms with van der Waals surface area (Å²) < 4.78 is 5.13. The number of hydrogen-bond acceptors (Lipinski definition) is 4. The standard InChI is InChI=1S/C19H23ClN2O3/c1-3-9-22(13-17(23)15-5-4-8-21-12-15)19(24)11-14-6-7-18(25-2)16(20)10-14/h4-8,10,12,17,23H,3,9,11,13H2,1-2H3/t17-/m1/s1. The zero-order valence-corrected chi connectivity index (χ0v) is 15.2. The molecule has 0 aliphatic rings. The van der Waals surface area contributed by atoms with E-state index in [0.717, 1.165) is 12.0 Å². The minimum atomic E-state index is -0.761. The van der Waals surface area contributed by atoms with Gasteiger partial charge in [0.05, 0.1) is 31.2 Å². The highest BCUT2D eigenvalue weighted by Gasteiger charge is 2.19. The Kier molecular flexibility index (Phi) is 7.22. The second kappa shape index (κ2) is 9.39. The summed E-state index contributed by atoms with van der Waals surface area (Å²) in [6.07, 6.45) is 3.54. The van der Waals surface area contributed by atoms with Crippen molar-refractivity contribution in [1.82, 2.24) is 9.88 Å². The highest BCUT2D eigenvalue weighted by Crippen LogP contribution is 2.25. The van der Waals surface area contributed by atoms with E-state index in [-0.39, 0.29) is 18.9 Å². The molecule has 1 aromatic heterocycles. The molecule has 0 aliphatic heterocycles. The number of nitrogens with zero attached hydrogens (tertiary/aromatic N) is 2. The second-order valence-electron chi connectivity index (χ2n) is 5.79. The summed E-state index contributed by atoms with van der Waals surface area (Å²) in [5.41, 5.74) is 1.51. The molecule has 0 saturated heterocycles. The average molecular weight is 363 g/mol. The van der Waals surface area contributed by atoms with Gasteiger partial charge in [0.1, 0.15) is 5.75 Å². The van der Waals surface area contributed by atoms with E-state index < -0.39 is 6.10 Å². The van der Waals surface area contributed by atoms with Crippen molar-refractivity contribution < 1.29 is 14.6 Å². The lowest BCUT2D eigenvalue weighted by atomic mass is 10.1. The lowest BCUT2D eigenvalue weighted by Crippen LogP contribution is -2.36. The molecule has 0 unspecified atom stereocenters. The number of rotatable bonds is 8. The Bertz CT molecular complexity index is 694. The van der Waals surface area contributed by atoms with Crippen molar-refractivity contribution in [3.05, 3.63) is 58.9 Å². The highest BCUT2D eigenvalue weighted by atomic mass is 35.5. The number of carbonyl (C=O) groups is 1. The molecule has 0 radical (unpaired) electrons. The molecule has 0 fully saturated rings. The summed E-state index contributed by atoms with van der Waals surface area (Å²) in [4.78, 5) is 18.3. The van der Waals surface area contributed by atoms with Gasteiger partial charge in [-0.1, -0.05) is 30.7 Å². The van der Waals surface area contributed by atoms with Gasteiger partial charge in [-0.25, -0.2) is 0 Å². The lowest BCUT2D eigenvalue weighted by Gasteiger charge is -2.25. The van der Waals surface area contributed by atoms with Crippen LogP contribution in [0.25, 0.3) is 0 Å². The van der Waals surface area contributed by atoms with Crippen LogP contribution in [0.2, 0.25) is 5.02 Å². The minimum Gasteiger partial charge on any atom is -0.495 e. The van der Waals surface area contributed by atoms with Gasteiger partial charge in [-0.05, 0) is 30.2 Å². The summed E-state index contributed by atoms with van der Waals surface area (Å²) in [5, 5.41) is 10.9. The van der Waals surface area contributed by atoms with Crippen LogP contribution in [0, 0.1) is 0 Å². The van der Waals surface area contributed by atoms with Crippen molar-refractivity contribution in [3.63, 3.8) is 0 Å². The lowest BCUT2D eigenvalue weighted by molar-refractivity contribution is -0.132. The zero-order valence-electron chi connectivity index (χ0n) is 14.5. The topological polar surface area (TPSA) is 62.7 Å². The second-order valence-corrected chi connectivity index (χ2v) is 6.19. The maximum absolute atomic E-state index is 12.7. The van der Waals surface area contributed by atoms with Gasteiger partial charge in [-0.3, -0.25) is 9.78 Å². The third kappa shape index (κ3) is 5.44. The number of carbonyl (C=O) groups excluding carboxylic acids is 1. The molecular weight excluding hydrogens is 340 g/mol. The fraction of sp³-hybridized carbons (Fsp3) is 0.368. The molecule has 1 N–H and O–H groups in total. The van der Waals surface area contributed by atoms with Crippen LogP contribution in [0.4, 0.5) is 0 Å². The molecule has 0 bridgehead atoms. The van der Waals surface area contributed by atoms with Crippen molar-refractivity contribution in [1.29, 1.82) is 0 Å². The zero-order chi connectivity index (χ0) is 18.2. The van der Waals surface area contributed by atoms with Gasteiger partial charge in [0.2, 0.25) is 5.91 Å². The SMILES string of the molecule is CCCN(C[C@@H](O)c1cccnc1)C(=O)Cc1ccc(OC)c(Cl)c1.